The van der Waals surface area contributed by atoms with Crippen molar-refractivity contribution in [3.8, 4) is 0 Å². The highest BCUT2D eigenvalue weighted by molar-refractivity contribution is 5.78. The molecule has 0 atom stereocenters. The molecule has 0 aliphatic heterocycles. The minimum atomic E-state index is 0.153. The fourth-order valence-corrected chi connectivity index (χ4v) is 1.36. The third-order valence-corrected chi connectivity index (χ3v) is 2.46. The molecular weight excluding hydrogens is 138 g/mol. The van der Waals surface area contributed by atoms with E-state index in [0.717, 1.165) is 0 Å². The predicted octanol–water partition coefficient (Wildman–Crippen LogP) is 1.65. The van der Waals surface area contributed by atoms with Crippen LogP contribution in [-0.4, -0.2) is 23.9 Å². The standard InChI is InChI=1S/C9H17NO/c1-7(2)9(11)10(3)8-5-4-6-8/h7-8H,4-6H2,1-3H3. The maximum absolute atomic E-state index is 11.4. The Bertz CT molecular complexity index is 150. The Hall–Kier alpha value is -0.530. The second kappa shape index (κ2) is 3.24. The summed E-state index contributed by atoms with van der Waals surface area (Å²) < 4.78 is 0. The summed E-state index contributed by atoms with van der Waals surface area (Å²) in [5.74, 6) is 0.440. The van der Waals surface area contributed by atoms with Gasteiger partial charge in [-0.15, -0.1) is 0 Å². The highest BCUT2D eigenvalue weighted by Crippen LogP contribution is 2.24. The van der Waals surface area contributed by atoms with Gasteiger partial charge in [-0.2, -0.15) is 0 Å². The Morgan fingerprint density at radius 3 is 2.27 bits per heavy atom. The van der Waals surface area contributed by atoms with Crippen LogP contribution in [0.1, 0.15) is 33.1 Å². The third-order valence-electron chi connectivity index (χ3n) is 2.46. The first-order valence-electron chi connectivity index (χ1n) is 4.39. The van der Waals surface area contributed by atoms with Crippen LogP contribution in [0.15, 0.2) is 0 Å². The van der Waals surface area contributed by atoms with E-state index < -0.39 is 0 Å². The van der Waals surface area contributed by atoms with Gasteiger partial charge >= 0.3 is 0 Å². The number of nitrogens with zero attached hydrogens (tertiary/aromatic N) is 1. The molecule has 0 bridgehead atoms. The van der Waals surface area contributed by atoms with Gasteiger partial charge in [0.05, 0.1) is 0 Å². The lowest BCUT2D eigenvalue weighted by molar-refractivity contribution is -0.136. The van der Waals surface area contributed by atoms with Crippen molar-refractivity contribution in [3.63, 3.8) is 0 Å². The average molecular weight is 155 g/mol. The van der Waals surface area contributed by atoms with E-state index in [4.69, 9.17) is 0 Å². The van der Waals surface area contributed by atoms with Crippen LogP contribution in [0.5, 0.6) is 0 Å². The summed E-state index contributed by atoms with van der Waals surface area (Å²) in [6, 6.07) is 0.546. The van der Waals surface area contributed by atoms with Gasteiger partial charge in [-0.25, -0.2) is 0 Å². The maximum Gasteiger partial charge on any atom is 0.225 e. The van der Waals surface area contributed by atoms with Gasteiger partial charge in [0, 0.05) is 19.0 Å². The van der Waals surface area contributed by atoms with Crippen LogP contribution in [-0.2, 0) is 4.79 Å². The fourth-order valence-electron chi connectivity index (χ4n) is 1.36. The molecule has 0 aromatic carbocycles. The largest absolute Gasteiger partial charge is 0.343 e. The minimum absolute atomic E-state index is 0.153. The van der Waals surface area contributed by atoms with Crippen molar-refractivity contribution < 1.29 is 4.79 Å². The minimum Gasteiger partial charge on any atom is -0.343 e. The van der Waals surface area contributed by atoms with E-state index in [1.807, 2.05) is 25.8 Å². The van der Waals surface area contributed by atoms with Crippen molar-refractivity contribution in [1.29, 1.82) is 0 Å². The smallest absolute Gasteiger partial charge is 0.225 e. The van der Waals surface area contributed by atoms with E-state index in [1.54, 1.807) is 0 Å². The van der Waals surface area contributed by atoms with Crippen LogP contribution in [0.4, 0.5) is 0 Å². The van der Waals surface area contributed by atoms with Gasteiger partial charge in [-0.1, -0.05) is 13.8 Å². The molecule has 1 fully saturated rings. The van der Waals surface area contributed by atoms with Gasteiger partial charge in [-0.05, 0) is 19.3 Å². The summed E-state index contributed by atoms with van der Waals surface area (Å²) in [6.45, 7) is 3.91. The Morgan fingerprint density at radius 1 is 1.45 bits per heavy atom. The normalized spacial score (nSPS) is 18.2. The van der Waals surface area contributed by atoms with Crippen LogP contribution in [0.25, 0.3) is 0 Å². The first kappa shape index (κ1) is 8.57. The summed E-state index contributed by atoms with van der Waals surface area (Å²) in [5.41, 5.74) is 0. The third kappa shape index (κ3) is 1.73. The Labute approximate surface area is 68.6 Å². The summed E-state index contributed by atoms with van der Waals surface area (Å²) in [5, 5.41) is 0. The second-order valence-corrected chi connectivity index (χ2v) is 3.69. The number of amides is 1. The van der Waals surface area contributed by atoms with Gasteiger partial charge in [0.15, 0.2) is 0 Å². The molecule has 0 spiro atoms. The van der Waals surface area contributed by atoms with Gasteiger partial charge in [0.2, 0.25) is 5.91 Å². The average Bonchev–Trinajstić information content (AvgIpc) is 1.82. The fraction of sp³-hybridized carbons (Fsp3) is 0.889. The molecule has 1 aliphatic carbocycles. The predicted molar refractivity (Wildman–Crippen MR) is 45.2 cm³/mol. The maximum atomic E-state index is 11.4. The van der Waals surface area contributed by atoms with E-state index in [1.165, 1.54) is 19.3 Å². The molecule has 0 saturated heterocycles. The van der Waals surface area contributed by atoms with Crippen LogP contribution >= 0.6 is 0 Å². The van der Waals surface area contributed by atoms with E-state index in [-0.39, 0.29) is 11.8 Å². The molecule has 1 aliphatic rings. The lowest BCUT2D eigenvalue weighted by Crippen LogP contribution is -2.43. The van der Waals surface area contributed by atoms with Crippen LogP contribution in [0.2, 0.25) is 0 Å². The molecule has 0 heterocycles. The van der Waals surface area contributed by atoms with E-state index in [0.29, 0.717) is 6.04 Å². The van der Waals surface area contributed by atoms with E-state index >= 15 is 0 Å². The van der Waals surface area contributed by atoms with Crippen molar-refractivity contribution in [3.05, 3.63) is 0 Å². The molecule has 0 aromatic heterocycles. The van der Waals surface area contributed by atoms with Crippen molar-refractivity contribution in [1.82, 2.24) is 4.90 Å². The molecule has 0 radical (unpaired) electrons. The van der Waals surface area contributed by atoms with Crippen LogP contribution < -0.4 is 0 Å². The van der Waals surface area contributed by atoms with Crippen molar-refractivity contribution in [2.75, 3.05) is 7.05 Å². The molecule has 11 heavy (non-hydrogen) atoms. The van der Waals surface area contributed by atoms with Gasteiger partial charge < -0.3 is 4.90 Å². The zero-order chi connectivity index (χ0) is 8.43. The molecule has 0 aromatic rings. The monoisotopic (exact) mass is 155 g/mol. The summed E-state index contributed by atoms with van der Waals surface area (Å²) >= 11 is 0. The molecule has 2 heteroatoms. The Balaban J connectivity index is 2.39. The van der Waals surface area contributed by atoms with Crippen molar-refractivity contribution in [2.45, 2.75) is 39.2 Å². The molecule has 1 amide bonds. The van der Waals surface area contributed by atoms with Crippen LogP contribution in [0.3, 0.4) is 0 Å². The first-order valence-corrected chi connectivity index (χ1v) is 4.39. The second-order valence-electron chi connectivity index (χ2n) is 3.69. The molecule has 2 nitrogen and oxygen atoms in total. The Kier molecular flexibility index (Phi) is 2.53. The highest BCUT2D eigenvalue weighted by Gasteiger charge is 2.26. The zero-order valence-corrected chi connectivity index (χ0v) is 7.63. The summed E-state index contributed by atoms with van der Waals surface area (Å²) in [6.07, 6.45) is 3.70. The molecular formula is C9H17NO. The van der Waals surface area contributed by atoms with Crippen LogP contribution in [0, 0.1) is 5.92 Å². The summed E-state index contributed by atoms with van der Waals surface area (Å²) in [4.78, 5) is 13.3. The number of hydrogen-bond acceptors (Lipinski definition) is 1. The van der Waals surface area contributed by atoms with E-state index in [9.17, 15) is 4.79 Å². The lowest BCUT2D eigenvalue weighted by Gasteiger charge is -2.35. The lowest BCUT2D eigenvalue weighted by atomic mass is 9.91. The quantitative estimate of drug-likeness (QED) is 0.594. The molecule has 1 saturated carbocycles. The number of rotatable bonds is 2. The zero-order valence-electron chi connectivity index (χ0n) is 7.63. The Morgan fingerprint density at radius 2 is 2.00 bits per heavy atom. The van der Waals surface area contributed by atoms with E-state index in [2.05, 4.69) is 0 Å². The van der Waals surface area contributed by atoms with Gasteiger partial charge in [-0.3, -0.25) is 4.79 Å². The highest BCUT2D eigenvalue weighted by atomic mass is 16.2. The topological polar surface area (TPSA) is 20.3 Å². The number of hydrogen-bond donors (Lipinski definition) is 0. The number of carbonyl (C=O) groups is 1. The van der Waals surface area contributed by atoms with Crippen molar-refractivity contribution >= 4 is 5.91 Å². The molecule has 0 unspecified atom stereocenters. The molecule has 0 N–H and O–H groups in total. The SMILES string of the molecule is CC(C)C(=O)N(C)C1CCC1. The first-order chi connectivity index (χ1) is 5.13. The van der Waals surface area contributed by atoms with Crippen molar-refractivity contribution in [2.24, 2.45) is 5.92 Å². The molecule has 64 valence electrons. The van der Waals surface area contributed by atoms with Gasteiger partial charge in [0.25, 0.3) is 0 Å². The number of carbonyl (C=O) groups excluding carboxylic acids is 1. The molecule has 1 rings (SSSR count). The summed E-state index contributed by atoms with van der Waals surface area (Å²) in [7, 11) is 1.92. The van der Waals surface area contributed by atoms with Gasteiger partial charge in [0.1, 0.15) is 0 Å².